The Balaban J connectivity index is 0.00000289. The Labute approximate surface area is 109 Å². The Morgan fingerprint density at radius 1 is 1.39 bits per heavy atom. The van der Waals surface area contributed by atoms with Crippen LogP contribution in [0.15, 0.2) is 24.3 Å². The largest absolute Gasteiger partial charge is 0.573 e. The Morgan fingerprint density at radius 3 is 2.61 bits per heavy atom. The molecule has 7 heteroatoms. The minimum absolute atomic E-state index is 0. The van der Waals surface area contributed by atoms with Crippen LogP contribution < -0.4 is 10.5 Å². The van der Waals surface area contributed by atoms with E-state index in [-0.39, 0.29) is 24.6 Å². The number of rotatable bonds is 4. The van der Waals surface area contributed by atoms with E-state index in [1.54, 1.807) is 6.07 Å². The van der Waals surface area contributed by atoms with Crippen molar-refractivity contribution in [2.75, 3.05) is 0 Å². The Bertz CT molecular complexity index is 417. The summed E-state index contributed by atoms with van der Waals surface area (Å²) in [5, 5.41) is 8.39. The lowest BCUT2D eigenvalue weighted by molar-refractivity contribution is -0.274. The minimum atomic E-state index is -4.71. The fourth-order valence-electron chi connectivity index (χ4n) is 1.33. The summed E-state index contributed by atoms with van der Waals surface area (Å²) in [4.78, 5) is 0. The lowest BCUT2D eigenvalue weighted by Crippen LogP contribution is -2.17. The second kappa shape index (κ2) is 7.09. The molecule has 0 spiro atoms. The molecule has 2 N–H and O–H groups in total. The highest BCUT2D eigenvalue weighted by Crippen LogP contribution is 2.26. The van der Waals surface area contributed by atoms with Crippen LogP contribution in [0.2, 0.25) is 0 Å². The van der Waals surface area contributed by atoms with Crippen molar-refractivity contribution >= 4 is 12.4 Å². The molecule has 0 fully saturated rings. The summed E-state index contributed by atoms with van der Waals surface area (Å²) in [6.07, 6.45) is -4.06. The number of halogens is 4. The number of ether oxygens (including phenoxy) is 1. The lowest BCUT2D eigenvalue weighted by atomic mass is 10.0. The van der Waals surface area contributed by atoms with Crippen LogP contribution in [0.25, 0.3) is 0 Å². The van der Waals surface area contributed by atoms with E-state index >= 15 is 0 Å². The minimum Gasteiger partial charge on any atom is -0.406 e. The van der Waals surface area contributed by atoms with Crippen molar-refractivity contribution in [3.05, 3.63) is 29.8 Å². The number of nitriles is 1. The third-order valence-corrected chi connectivity index (χ3v) is 2.09. The topological polar surface area (TPSA) is 59.0 Å². The number of hydrogen-bond acceptors (Lipinski definition) is 3. The van der Waals surface area contributed by atoms with Crippen LogP contribution in [0.5, 0.6) is 5.75 Å². The Kier molecular flexibility index (Phi) is 6.52. The van der Waals surface area contributed by atoms with E-state index in [4.69, 9.17) is 11.0 Å². The molecule has 0 bridgehead atoms. The van der Waals surface area contributed by atoms with Crippen molar-refractivity contribution in [1.29, 1.82) is 5.26 Å². The SMILES string of the molecule is Cl.N#CCCC(N)c1cccc(OC(F)(F)F)c1. The predicted octanol–water partition coefficient (Wildman–Crippen LogP) is 3.31. The van der Waals surface area contributed by atoms with E-state index < -0.39 is 12.4 Å². The average Bonchev–Trinajstić information content (AvgIpc) is 2.24. The summed E-state index contributed by atoms with van der Waals surface area (Å²) >= 11 is 0. The molecule has 0 aliphatic rings. The molecule has 0 aliphatic carbocycles. The van der Waals surface area contributed by atoms with E-state index in [2.05, 4.69) is 4.74 Å². The number of alkyl halides is 3. The summed E-state index contributed by atoms with van der Waals surface area (Å²) in [6.45, 7) is 0. The Hall–Kier alpha value is -1.45. The van der Waals surface area contributed by atoms with Crippen LogP contribution in [0, 0.1) is 11.3 Å². The molecule has 3 nitrogen and oxygen atoms in total. The average molecular weight is 281 g/mol. The van der Waals surface area contributed by atoms with Gasteiger partial charge in [-0.15, -0.1) is 25.6 Å². The first kappa shape index (κ1) is 16.6. The summed E-state index contributed by atoms with van der Waals surface area (Å²) in [7, 11) is 0. The van der Waals surface area contributed by atoms with E-state index in [0.29, 0.717) is 12.0 Å². The smallest absolute Gasteiger partial charge is 0.406 e. The summed E-state index contributed by atoms with van der Waals surface area (Å²) < 4.78 is 39.7. The van der Waals surface area contributed by atoms with Gasteiger partial charge in [-0.2, -0.15) is 5.26 Å². The molecule has 1 atom stereocenters. The molecule has 0 saturated heterocycles. The van der Waals surface area contributed by atoms with Crippen molar-refractivity contribution in [2.45, 2.75) is 25.2 Å². The number of nitrogens with zero attached hydrogens (tertiary/aromatic N) is 1. The second-order valence-electron chi connectivity index (χ2n) is 3.42. The fraction of sp³-hybridized carbons (Fsp3) is 0.364. The Morgan fingerprint density at radius 2 is 2.06 bits per heavy atom. The molecule has 1 unspecified atom stereocenters. The van der Waals surface area contributed by atoms with Crippen LogP contribution >= 0.6 is 12.4 Å². The number of nitrogens with two attached hydrogens (primary N) is 1. The van der Waals surface area contributed by atoms with E-state index in [1.165, 1.54) is 18.2 Å². The molecule has 0 aliphatic heterocycles. The molecule has 0 aromatic heterocycles. The van der Waals surface area contributed by atoms with Crippen molar-refractivity contribution in [3.63, 3.8) is 0 Å². The molecule has 0 amide bonds. The van der Waals surface area contributed by atoms with Gasteiger partial charge in [0.1, 0.15) is 5.75 Å². The van der Waals surface area contributed by atoms with Gasteiger partial charge in [-0.3, -0.25) is 0 Å². The lowest BCUT2D eigenvalue weighted by Gasteiger charge is -2.13. The van der Waals surface area contributed by atoms with Gasteiger partial charge in [-0.1, -0.05) is 12.1 Å². The van der Waals surface area contributed by atoms with Crippen molar-refractivity contribution in [1.82, 2.24) is 0 Å². The van der Waals surface area contributed by atoms with Crippen LogP contribution in [-0.4, -0.2) is 6.36 Å². The predicted molar refractivity (Wildman–Crippen MR) is 62.1 cm³/mol. The van der Waals surface area contributed by atoms with Gasteiger partial charge in [-0.05, 0) is 24.1 Å². The zero-order valence-electron chi connectivity index (χ0n) is 9.28. The zero-order valence-corrected chi connectivity index (χ0v) is 10.1. The molecule has 0 radical (unpaired) electrons. The number of benzene rings is 1. The van der Waals surface area contributed by atoms with Gasteiger partial charge in [0.05, 0.1) is 6.07 Å². The fourth-order valence-corrected chi connectivity index (χ4v) is 1.33. The van der Waals surface area contributed by atoms with E-state index in [0.717, 1.165) is 0 Å². The molecule has 0 saturated carbocycles. The third kappa shape index (κ3) is 5.75. The summed E-state index contributed by atoms with van der Waals surface area (Å²) in [5.74, 6) is -0.303. The normalized spacial score (nSPS) is 12.2. The first-order chi connectivity index (χ1) is 7.92. The first-order valence-corrected chi connectivity index (χ1v) is 4.90. The molecular formula is C11H12ClF3N2O. The quantitative estimate of drug-likeness (QED) is 0.920. The highest BCUT2D eigenvalue weighted by molar-refractivity contribution is 5.85. The van der Waals surface area contributed by atoms with Crippen LogP contribution in [0.3, 0.4) is 0 Å². The van der Waals surface area contributed by atoms with Crippen molar-refractivity contribution < 1.29 is 17.9 Å². The van der Waals surface area contributed by atoms with Gasteiger partial charge >= 0.3 is 6.36 Å². The molecule has 100 valence electrons. The van der Waals surface area contributed by atoms with Gasteiger partial charge in [0.25, 0.3) is 0 Å². The van der Waals surface area contributed by atoms with Gasteiger partial charge in [0.2, 0.25) is 0 Å². The van der Waals surface area contributed by atoms with Gasteiger partial charge < -0.3 is 10.5 Å². The summed E-state index contributed by atoms with van der Waals surface area (Å²) in [6, 6.07) is 6.93. The maximum atomic E-state index is 12.0. The van der Waals surface area contributed by atoms with Gasteiger partial charge in [-0.25, -0.2) is 0 Å². The molecule has 1 aromatic rings. The van der Waals surface area contributed by atoms with E-state index in [9.17, 15) is 13.2 Å². The molecule has 0 heterocycles. The van der Waals surface area contributed by atoms with E-state index in [1.807, 2.05) is 6.07 Å². The summed E-state index contributed by atoms with van der Waals surface area (Å²) in [5.41, 5.74) is 6.24. The maximum absolute atomic E-state index is 12.0. The van der Waals surface area contributed by atoms with Crippen molar-refractivity contribution in [3.8, 4) is 11.8 Å². The molecular weight excluding hydrogens is 269 g/mol. The second-order valence-corrected chi connectivity index (χ2v) is 3.42. The highest BCUT2D eigenvalue weighted by Gasteiger charge is 2.31. The van der Waals surface area contributed by atoms with Gasteiger partial charge in [0, 0.05) is 12.5 Å². The van der Waals surface area contributed by atoms with Crippen molar-refractivity contribution in [2.24, 2.45) is 5.73 Å². The maximum Gasteiger partial charge on any atom is 0.573 e. The molecule has 1 aromatic carbocycles. The molecule has 1 rings (SSSR count). The van der Waals surface area contributed by atoms with Crippen LogP contribution in [-0.2, 0) is 0 Å². The third-order valence-electron chi connectivity index (χ3n) is 2.09. The monoisotopic (exact) mass is 280 g/mol. The first-order valence-electron chi connectivity index (χ1n) is 4.90. The number of hydrogen-bond donors (Lipinski definition) is 1. The van der Waals surface area contributed by atoms with Crippen LogP contribution in [0.1, 0.15) is 24.4 Å². The molecule has 18 heavy (non-hydrogen) atoms. The highest BCUT2D eigenvalue weighted by atomic mass is 35.5. The standard InChI is InChI=1S/C11H11F3N2O.ClH/c12-11(13,14)17-9-4-1-3-8(7-9)10(16)5-2-6-15;/h1,3-4,7,10H,2,5,16H2;1H. The van der Waals surface area contributed by atoms with Gasteiger partial charge in [0.15, 0.2) is 0 Å². The zero-order chi connectivity index (χ0) is 12.9. The van der Waals surface area contributed by atoms with Crippen LogP contribution in [0.4, 0.5) is 13.2 Å².